The maximum atomic E-state index is 13.0. The number of methoxy groups -OCH3 is 1. The predicted molar refractivity (Wildman–Crippen MR) is 113 cm³/mol. The van der Waals surface area contributed by atoms with Crippen molar-refractivity contribution in [3.05, 3.63) is 94.8 Å². The largest absolute Gasteiger partial charge is 0.507 e. The van der Waals surface area contributed by atoms with E-state index in [0.29, 0.717) is 27.6 Å². The molecule has 1 saturated heterocycles. The van der Waals surface area contributed by atoms with Gasteiger partial charge < -0.3 is 9.84 Å². The number of amides is 1. The number of ketones is 1. The second-order valence-electron chi connectivity index (χ2n) is 6.66. The van der Waals surface area contributed by atoms with Gasteiger partial charge in [0.1, 0.15) is 11.5 Å². The third-order valence-corrected chi connectivity index (χ3v) is 5.13. The Morgan fingerprint density at radius 1 is 1.10 bits per heavy atom. The minimum Gasteiger partial charge on any atom is -0.507 e. The van der Waals surface area contributed by atoms with Gasteiger partial charge in [-0.25, -0.2) is 0 Å². The molecule has 1 aliphatic heterocycles. The molecule has 0 saturated carbocycles. The molecule has 30 heavy (non-hydrogen) atoms. The number of hydrogen-bond donors (Lipinski definition) is 1. The molecule has 0 radical (unpaired) electrons. The molecule has 1 amide bonds. The quantitative estimate of drug-likeness (QED) is 0.385. The number of rotatable bonds is 4. The molecule has 1 N–H and O–H groups in total. The van der Waals surface area contributed by atoms with Gasteiger partial charge in [0.05, 0.1) is 18.7 Å². The number of pyridine rings is 1. The van der Waals surface area contributed by atoms with Crippen LogP contribution < -0.4 is 9.64 Å². The van der Waals surface area contributed by atoms with Crippen LogP contribution in [-0.2, 0) is 9.59 Å². The maximum absolute atomic E-state index is 13.0. The van der Waals surface area contributed by atoms with Crippen molar-refractivity contribution in [3.63, 3.8) is 0 Å². The van der Waals surface area contributed by atoms with E-state index in [2.05, 4.69) is 4.98 Å². The molecule has 0 bridgehead atoms. The second kappa shape index (κ2) is 8.00. The highest BCUT2D eigenvalue weighted by molar-refractivity contribution is 6.51. The van der Waals surface area contributed by atoms with Crippen LogP contribution in [0.25, 0.3) is 5.76 Å². The lowest BCUT2D eigenvalue weighted by Crippen LogP contribution is -2.29. The number of aromatic nitrogens is 1. The fraction of sp³-hybridized carbons (Fsp3) is 0.0870. The highest BCUT2D eigenvalue weighted by atomic mass is 35.5. The summed E-state index contributed by atoms with van der Waals surface area (Å²) in [5.74, 6) is -1.19. The van der Waals surface area contributed by atoms with Crippen molar-refractivity contribution in [2.45, 2.75) is 6.04 Å². The highest BCUT2D eigenvalue weighted by Crippen LogP contribution is 2.42. The van der Waals surface area contributed by atoms with Gasteiger partial charge in [-0.15, -0.1) is 0 Å². The molecule has 6 nitrogen and oxygen atoms in total. The number of carbonyl (C=O) groups excluding carboxylic acids is 2. The molecular formula is C23H17ClN2O4. The van der Waals surface area contributed by atoms with Crippen molar-refractivity contribution in [1.82, 2.24) is 4.98 Å². The van der Waals surface area contributed by atoms with Crippen LogP contribution in [-0.4, -0.2) is 28.9 Å². The Bertz CT molecular complexity index is 1140. The average molecular weight is 421 g/mol. The number of hydrogen-bond acceptors (Lipinski definition) is 5. The molecule has 1 atom stereocenters. The standard InChI is InChI=1S/C23H17ClN2O4/c1-30-18-9-7-17(8-10-18)26-20(15-5-3-11-25-13-15)19(22(28)23(26)29)21(27)14-4-2-6-16(24)12-14/h2-13,20,27H,1H3/b21-19-. The van der Waals surface area contributed by atoms with E-state index in [1.807, 2.05) is 0 Å². The van der Waals surface area contributed by atoms with Crippen molar-refractivity contribution >= 4 is 34.7 Å². The van der Waals surface area contributed by atoms with Crippen LogP contribution in [0.1, 0.15) is 17.2 Å². The molecule has 1 unspecified atom stereocenters. The number of Topliss-reactive ketones (excluding diaryl/α,β-unsaturated/α-hetero) is 1. The lowest BCUT2D eigenvalue weighted by Gasteiger charge is -2.25. The maximum Gasteiger partial charge on any atom is 0.300 e. The van der Waals surface area contributed by atoms with Crippen LogP contribution in [0.15, 0.2) is 78.6 Å². The fourth-order valence-corrected chi connectivity index (χ4v) is 3.68. The third kappa shape index (κ3) is 3.42. The van der Waals surface area contributed by atoms with Gasteiger partial charge in [0.15, 0.2) is 0 Å². The molecule has 4 rings (SSSR count). The van der Waals surface area contributed by atoms with Gasteiger partial charge in [-0.3, -0.25) is 19.5 Å². The molecule has 1 aromatic heterocycles. The lowest BCUT2D eigenvalue weighted by atomic mass is 9.96. The Balaban J connectivity index is 1.92. The van der Waals surface area contributed by atoms with E-state index in [0.717, 1.165) is 0 Å². The molecular weight excluding hydrogens is 404 g/mol. The predicted octanol–water partition coefficient (Wildman–Crippen LogP) is 4.37. The number of ether oxygens (including phenoxy) is 1. The first-order valence-electron chi connectivity index (χ1n) is 9.12. The summed E-state index contributed by atoms with van der Waals surface area (Å²) < 4.78 is 5.18. The zero-order chi connectivity index (χ0) is 21.3. The summed E-state index contributed by atoms with van der Waals surface area (Å²) in [6.07, 6.45) is 3.17. The van der Waals surface area contributed by atoms with E-state index in [9.17, 15) is 14.7 Å². The summed E-state index contributed by atoms with van der Waals surface area (Å²) in [5.41, 5.74) is 1.42. The van der Waals surface area contributed by atoms with Crippen molar-refractivity contribution in [2.24, 2.45) is 0 Å². The number of nitrogens with zero attached hydrogens (tertiary/aromatic N) is 2. The van der Waals surface area contributed by atoms with Crippen LogP contribution >= 0.6 is 11.6 Å². The Labute approximate surface area is 178 Å². The molecule has 7 heteroatoms. The SMILES string of the molecule is COc1ccc(N2C(=O)C(=O)/C(=C(\O)c3cccc(Cl)c3)C2c2cccnc2)cc1. The minimum atomic E-state index is -0.842. The van der Waals surface area contributed by atoms with E-state index < -0.39 is 17.7 Å². The monoisotopic (exact) mass is 420 g/mol. The Hall–Kier alpha value is -3.64. The van der Waals surface area contributed by atoms with Gasteiger partial charge in [-0.2, -0.15) is 0 Å². The Morgan fingerprint density at radius 2 is 1.87 bits per heavy atom. The van der Waals surface area contributed by atoms with E-state index in [-0.39, 0.29) is 11.3 Å². The Morgan fingerprint density at radius 3 is 2.50 bits per heavy atom. The number of carbonyl (C=O) groups is 2. The van der Waals surface area contributed by atoms with Crippen LogP contribution in [0.2, 0.25) is 5.02 Å². The third-order valence-electron chi connectivity index (χ3n) is 4.89. The smallest absolute Gasteiger partial charge is 0.300 e. The molecule has 1 aliphatic rings. The molecule has 150 valence electrons. The molecule has 2 heterocycles. The van der Waals surface area contributed by atoms with Gasteiger partial charge in [-0.1, -0.05) is 29.8 Å². The van der Waals surface area contributed by atoms with Gasteiger partial charge in [0, 0.05) is 28.7 Å². The van der Waals surface area contributed by atoms with Gasteiger partial charge >= 0.3 is 0 Å². The normalized spacial score (nSPS) is 17.9. The summed E-state index contributed by atoms with van der Waals surface area (Å²) in [5, 5.41) is 11.4. The first-order valence-corrected chi connectivity index (χ1v) is 9.50. The lowest BCUT2D eigenvalue weighted by molar-refractivity contribution is -0.132. The van der Waals surface area contributed by atoms with Crippen molar-refractivity contribution in [3.8, 4) is 5.75 Å². The van der Waals surface area contributed by atoms with Crippen LogP contribution in [0, 0.1) is 0 Å². The molecule has 0 aliphatic carbocycles. The van der Waals surface area contributed by atoms with E-state index in [4.69, 9.17) is 16.3 Å². The summed E-state index contributed by atoms with van der Waals surface area (Å²) in [6, 6.07) is 15.9. The average Bonchev–Trinajstić information content (AvgIpc) is 3.04. The van der Waals surface area contributed by atoms with Gasteiger partial charge in [0.25, 0.3) is 11.7 Å². The van der Waals surface area contributed by atoms with Crippen LogP contribution in [0.5, 0.6) is 5.75 Å². The van der Waals surface area contributed by atoms with Crippen LogP contribution in [0.3, 0.4) is 0 Å². The highest BCUT2D eigenvalue weighted by Gasteiger charge is 2.47. The van der Waals surface area contributed by atoms with E-state index in [1.54, 1.807) is 74.1 Å². The molecule has 3 aromatic rings. The zero-order valence-corrected chi connectivity index (χ0v) is 16.7. The van der Waals surface area contributed by atoms with Crippen LogP contribution in [0.4, 0.5) is 5.69 Å². The minimum absolute atomic E-state index is 0.0221. The summed E-state index contributed by atoms with van der Waals surface area (Å²) >= 11 is 6.05. The molecule has 1 fully saturated rings. The first-order chi connectivity index (χ1) is 14.5. The van der Waals surface area contributed by atoms with Gasteiger partial charge in [0.2, 0.25) is 0 Å². The number of halogens is 1. The Kier molecular flexibility index (Phi) is 5.25. The fourth-order valence-electron chi connectivity index (χ4n) is 3.49. The number of anilines is 1. The van der Waals surface area contributed by atoms with E-state index >= 15 is 0 Å². The summed E-state index contributed by atoms with van der Waals surface area (Å²) in [4.78, 5) is 31.5. The van der Waals surface area contributed by atoms with Crippen molar-refractivity contribution in [1.29, 1.82) is 0 Å². The summed E-state index contributed by atoms with van der Waals surface area (Å²) in [7, 11) is 1.54. The number of aliphatic hydroxyl groups is 1. The second-order valence-corrected chi connectivity index (χ2v) is 7.10. The number of benzene rings is 2. The molecule has 0 spiro atoms. The molecule has 2 aromatic carbocycles. The topological polar surface area (TPSA) is 79.7 Å². The van der Waals surface area contributed by atoms with E-state index in [1.165, 1.54) is 11.0 Å². The number of aliphatic hydroxyl groups excluding tert-OH is 1. The van der Waals surface area contributed by atoms with Crippen molar-refractivity contribution in [2.75, 3.05) is 12.0 Å². The zero-order valence-electron chi connectivity index (χ0n) is 15.9. The summed E-state index contributed by atoms with van der Waals surface area (Å²) in [6.45, 7) is 0. The first kappa shape index (κ1) is 19.7. The van der Waals surface area contributed by atoms with Gasteiger partial charge in [-0.05, 0) is 48.0 Å². The van der Waals surface area contributed by atoms with Crippen molar-refractivity contribution < 1.29 is 19.4 Å².